The number of benzene rings is 3. The first kappa shape index (κ1) is 27.4. The van der Waals surface area contributed by atoms with Crippen LogP contribution in [0.15, 0.2) is 91.3 Å². The molecule has 206 valence electrons. The van der Waals surface area contributed by atoms with Crippen molar-refractivity contribution in [2.45, 2.75) is 51.4 Å². The van der Waals surface area contributed by atoms with Gasteiger partial charge in [0, 0.05) is 29.7 Å². The normalized spacial score (nSPS) is 13.6. The van der Waals surface area contributed by atoms with Crippen LogP contribution in [0, 0.1) is 12.1 Å². The predicted octanol–water partition coefficient (Wildman–Crippen LogP) is 9.20. The maximum absolute atomic E-state index is 6.16. The molecule has 0 atom stereocenters. The SMILES string of the molecule is CC(C)(C)c1ccnc(Oc2[c-]c(-c3[c-]c4c(cc3)c3ccccc3n4-c3cc(C4CCC4)ccn3)ccc2)c1.[Pt+2]. The van der Waals surface area contributed by atoms with Crippen LogP contribution >= 0.6 is 0 Å². The summed E-state index contributed by atoms with van der Waals surface area (Å²) < 4.78 is 8.41. The number of hydrogen-bond acceptors (Lipinski definition) is 3. The fraction of sp³-hybridized carbons (Fsp3) is 0.222. The second-order valence-electron chi connectivity index (χ2n) is 11.7. The molecule has 1 aliphatic carbocycles. The molecule has 41 heavy (non-hydrogen) atoms. The van der Waals surface area contributed by atoms with E-state index >= 15 is 0 Å². The molecule has 3 aromatic carbocycles. The molecule has 3 heterocycles. The van der Waals surface area contributed by atoms with Gasteiger partial charge in [0.05, 0.1) is 0 Å². The number of hydrogen-bond donors (Lipinski definition) is 0. The van der Waals surface area contributed by atoms with Gasteiger partial charge in [-0.05, 0) is 70.5 Å². The Bertz CT molecular complexity index is 1860. The minimum absolute atomic E-state index is 0. The van der Waals surface area contributed by atoms with Gasteiger partial charge >= 0.3 is 21.1 Å². The third-order valence-corrected chi connectivity index (χ3v) is 8.03. The second kappa shape index (κ2) is 10.9. The smallest absolute Gasteiger partial charge is 0.460 e. The fourth-order valence-electron chi connectivity index (χ4n) is 5.55. The van der Waals surface area contributed by atoms with Gasteiger partial charge in [0.25, 0.3) is 0 Å². The summed E-state index contributed by atoms with van der Waals surface area (Å²) in [6.07, 6.45) is 7.58. The number of pyridine rings is 2. The topological polar surface area (TPSA) is 39.9 Å². The van der Waals surface area contributed by atoms with Gasteiger partial charge in [0.2, 0.25) is 5.88 Å². The van der Waals surface area contributed by atoms with Gasteiger partial charge in [-0.2, -0.15) is 24.3 Å². The van der Waals surface area contributed by atoms with E-state index in [1.807, 2.05) is 36.5 Å². The second-order valence-corrected chi connectivity index (χ2v) is 11.7. The van der Waals surface area contributed by atoms with Crippen LogP contribution in [0.25, 0.3) is 38.8 Å². The molecular formula is C36H31N3OPt. The van der Waals surface area contributed by atoms with Gasteiger partial charge in [0.15, 0.2) is 0 Å². The molecule has 3 aromatic heterocycles. The van der Waals surface area contributed by atoms with Gasteiger partial charge < -0.3 is 9.30 Å². The van der Waals surface area contributed by atoms with Crippen LogP contribution in [0.3, 0.4) is 0 Å². The minimum Gasteiger partial charge on any atom is -0.460 e. The van der Waals surface area contributed by atoms with Crippen molar-refractivity contribution in [3.8, 4) is 28.6 Å². The Morgan fingerprint density at radius 1 is 0.805 bits per heavy atom. The molecule has 6 aromatic rings. The van der Waals surface area contributed by atoms with E-state index in [0.29, 0.717) is 17.5 Å². The van der Waals surface area contributed by atoms with Crippen LogP contribution in [0.4, 0.5) is 0 Å². The molecule has 5 heteroatoms. The minimum atomic E-state index is 0. The fourth-order valence-corrected chi connectivity index (χ4v) is 5.55. The number of rotatable bonds is 5. The number of fused-ring (bicyclic) bond motifs is 3. The molecule has 7 rings (SSSR count). The summed E-state index contributed by atoms with van der Waals surface area (Å²) in [6, 6.07) is 34.4. The Hall–Kier alpha value is -3.75. The summed E-state index contributed by atoms with van der Waals surface area (Å²) in [5.41, 5.74) is 6.58. The number of nitrogens with zero attached hydrogens (tertiary/aromatic N) is 3. The molecule has 1 saturated carbocycles. The molecule has 0 spiro atoms. The maximum Gasteiger partial charge on any atom is 2.00 e. The zero-order valence-electron chi connectivity index (χ0n) is 23.4. The molecule has 0 amide bonds. The zero-order valence-corrected chi connectivity index (χ0v) is 25.7. The van der Waals surface area contributed by atoms with E-state index in [0.717, 1.165) is 33.4 Å². The van der Waals surface area contributed by atoms with Crippen molar-refractivity contribution in [1.29, 1.82) is 0 Å². The monoisotopic (exact) mass is 716 g/mol. The first-order valence-corrected chi connectivity index (χ1v) is 14.0. The molecule has 0 bridgehead atoms. The van der Waals surface area contributed by atoms with Crippen LogP contribution < -0.4 is 4.74 Å². The summed E-state index contributed by atoms with van der Waals surface area (Å²) >= 11 is 0. The van der Waals surface area contributed by atoms with Crippen LogP contribution in [0.1, 0.15) is 57.1 Å². The van der Waals surface area contributed by atoms with Crippen LogP contribution in [0.5, 0.6) is 11.6 Å². The Morgan fingerprint density at radius 3 is 2.41 bits per heavy atom. The Morgan fingerprint density at radius 2 is 1.61 bits per heavy atom. The molecule has 0 N–H and O–H groups in total. The van der Waals surface area contributed by atoms with Gasteiger partial charge in [-0.25, -0.2) is 21.1 Å². The third kappa shape index (κ3) is 5.22. The van der Waals surface area contributed by atoms with E-state index in [9.17, 15) is 0 Å². The van der Waals surface area contributed by atoms with E-state index in [1.54, 1.807) is 6.20 Å². The van der Waals surface area contributed by atoms with E-state index in [4.69, 9.17) is 9.72 Å². The van der Waals surface area contributed by atoms with Crippen LogP contribution in [-0.2, 0) is 26.5 Å². The molecular weight excluding hydrogens is 685 g/mol. The average Bonchev–Trinajstić information content (AvgIpc) is 3.26. The van der Waals surface area contributed by atoms with Crippen molar-refractivity contribution >= 4 is 21.8 Å². The van der Waals surface area contributed by atoms with Gasteiger partial charge in [-0.15, -0.1) is 18.2 Å². The van der Waals surface area contributed by atoms with E-state index < -0.39 is 0 Å². The van der Waals surface area contributed by atoms with E-state index in [-0.39, 0.29) is 26.5 Å². The number of para-hydroxylation sites is 1. The van der Waals surface area contributed by atoms with Gasteiger partial charge in [-0.3, -0.25) is 0 Å². The van der Waals surface area contributed by atoms with Crippen molar-refractivity contribution in [1.82, 2.24) is 14.5 Å². The summed E-state index contributed by atoms with van der Waals surface area (Å²) in [5.74, 6) is 2.78. The van der Waals surface area contributed by atoms with Gasteiger partial charge in [-0.1, -0.05) is 50.8 Å². The molecule has 0 aliphatic heterocycles. The van der Waals surface area contributed by atoms with Crippen molar-refractivity contribution in [2.75, 3.05) is 0 Å². The van der Waals surface area contributed by atoms with E-state index in [2.05, 4.69) is 91.0 Å². The average molecular weight is 717 g/mol. The Balaban J connectivity index is 0.00000302. The summed E-state index contributed by atoms with van der Waals surface area (Å²) in [6.45, 7) is 6.55. The standard InChI is InChI=1S/C36H31N3O.Pt/c1-36(2,3)28-17-19-38-35(23-28)40-29-11-7-10-25(20-29)26-14-15-31-30-12-4-5-13-32(30)39(33(31)21-26)34-22-27(16-18-37-34)24-8-6-9-24;/h4-5,7,10-19,22-24H,6,8-9H2,1-3H3;/q-2;+2. The molecule has 0 radical (unpaired) electrons. The first-order chi connectivity index (χ1) is 19.4. The molecule has 1 aliphatic rings. The van der Waals surface area contributed by atoms with Gasteiger partial charge in [0.1, 0.15) is 5.82 Å². The first-order valence-electron chi connectivity index (χ1n) is 14.0. The zero-order chi connectivity index (χ0) is 27.3. The van der Waals surface area contributed by atoms with Crippen molar-refractivity contribution in [3.05, 3.63) is 115 Å². The summed E-state index contributed by atoms with van der Waals surface area (Å²) in [7, 11) is 0. The number of aromatic nitrogens is 3. The Kier molecular flexibility index (Phi) is 7.30. The molecule has 1 fully saturated rings. The van der Waals surface area contributed by atoms with Crippen molar-refractivity contribution < 1.29 is 25.8 Å². The summed E-state index contributed by atoms with van der Waals surface area (Å²) in [4.78, 5) is 9.25. The van der Waals surface area contributed by atoms with Crippen molar-refractivity contribution in [3.63, 3.8) is 0 Å². The molecule has 0 saturated heterocycles. The maximum atomic E-state index is 6.16. The molecule has 0 unspecified atom stereocenters. The van der Waals surface area contributed by atoms with E-state index in [1.165, 1.54) is 35.8 Å². The molecule has 4 nitrogen and oxygen atoms in total. The predicted molar refractivity (Wildman–Crippen MR) is 161 cm³/mol. The van der Waals surface area contributed by atoms with Crippen molar-refractivity contribution in [2.24, 2.45) is 0 Å². The number of ether oxygens (including phenoxy) is 1. The third-order valence-electron chi connectivity index (χ3n) is 8.03. The largest absolute Gasteiger partial charge is 2.00 e. The summed E-state index contributed by atoms with van der Waals surface area (Å²) in [5, 5.41) is 2.35. The quantitative estimate of drug-likeness (QED) is 0.167. The van der Waals surface area contributed by atoms with Crippen LogP contribution in [-0.4, -0.2) is 14.5 Å². The Labute approximate surface area is 255 Å². The van der Waals surface area contributed by atoms with Crippen LogP contribution in [0.2, 0.25) is 0 Å².